The maximum Gasteiger partial charge on any atom is 0.141 e. The number of nitrogens with zero attached hydrogens (tertiary/aromatic N) is 3. The second-order valence-electron chi connectivity index (χ2n) is 5.01. The van der Waals surface area contributed by atoms with Crippen LogP contribution in [0.1, 0.15) is 25.6 Å². The standard InChI is InChI=1S/C16H23BrN4/c1-4-21(5-2)13(11-18)14-15(17)19-16(20(14)3)12-9-7-6-8-10-12/h6-10,13H,4-5,11,18H2,1-3H3. The van der Waals surface area contributed by atoms with E-state index in [2.05, 4.69) is 58.4 Å². The molecule has 1 unspecified atom stereocenters. The van der Waals surface area contributed by atoms with E-state index < -0.39 is 0 Å². The summed E-state index contributed by atoms with van der Waals surface area (Å²) in [6.45, 7) is 6.84. The van der Waals surface area contributed by atoms with Crippen molar-refractivity contribution >= 4 is 15.9 Å². The fraction of sp³-hybridized carbons (Fsp3) is 0.438. The number of halogens is 1. The molecule has 0 spiro atoms. The van der Waals surface area contributed by atoms with Gasteiger partial charge in [0.1, 0.15) is 10.4 Å². The molecular formula is C16H23BrN4. The Morgan fingerprint density at radius 1 is 1.24 bits per heavy atom. The van der Waals surface area contributed by atoms with Crippen molar-refractivity contribution in [1.82, 2.24) is 14.5 Å². The first kappa shape index (κ1) is 16.2. The lowest BCUT2D eigenvalue weighted by Gasteiger charge is -2.29. The summed E-state index contributed by atoms with van der Waals surface area (Å²) in [6.07, 6.45) is 0. The average Bonchev–Trinajstić information content (AvgIpc) is 2.81. The maximum atomic E-state index is 6.04. The van der Waals surface area contributed by atoms with Crippen LogP contribution in [0.3, 0.4) is 0 Å². The van der Waals surface area contributed by atoms with Crippen molar-refractivity contribution in [2.45, 2.75) is 19.9 Å². The Morgan fingerprint density at radius 2 is 1.86 bits per heavy atom. The van der Waals surface area contributed by atoms with Crippen LogP contribution in [0.4, 0.5) is 0 Å². The molecule has 1 heterocycles. The molecule has 21 heavy (non-hydrogen) atoms. The summed E-state index contributed by atoms with van der Waals surface area (Å²) in [5, 5.41) is 0. The molecule has 0 saturated carbocycles. The van der Waals surface area contributed by atoms with Crippen LogP contribution in [0.5, 0.6) is 0 Å². The van der Waals surface area contributed by atoms with Crippen molar-refractivity contribution in [2.24, 2.45) is 12.8 Å². The molecule has 5 heteroatoms. The van der Waals surface area contributed by atoms with Gasteiger partial charge in [-0.25, -0.2) is 4.98 Å². The van der Waals surface area contributed by atoms with Crippen molar-refractivity contribution in [2.75, 3.05) is 19.6 Å². The van der Waals surface area contributed by atoms with Gasteiger partial charge in [0, 0.05) is 19.2 Å². The number of likely N-dealkylation sites (N-methyl/N-ethyl adjacent to an activating group) is 1. The number of hydrogen-bond acceptors (Lipinski definition) is 3. The van der Waals surface area contributed by atoms with Gasteiger partial charge >= 0.3 is 0 Å². The molecule has 0 radical (unpaired) electrons. The van der Waals surface area contributed by atoms with Crippen molar-refractivity contribution in [3.8, 4) is 11.4 Å². The van der Waals surface area contributed by atoms with Crippen molar-refractivity contribution in [1.29, 1.82) is 0 Å². The first-order chi connectivity index (χ1) is 10.1. The van der Waals surface area contributed by atoms with E-state index in [1.165, 1.54) is 0 Å². The molecule has 4 nitrogen and oxygen atoms in total. The molecule has 0 amide bonds. The Bertz CT molecular complexity index is 575. The summed E-state index contributed by atoms with van der Waals surface area (Å²) in [4.78, 5) is 7.06. The third-order valence-electron chi connectivity index (χ3n) is 3.92. The fourth-order valence-corrected chi connectivity index (χ4v) is 3.48. The van der Waals surface area contributed by atoms with Gasteiger partial charge in [-0.05, 0) is 29.0 Å². The highest BCUT2D eigenvalue weighted by atomic mass is 79.9. The SMILES string of the molecule is CCN(CC)C(CN)c1c(Br)nc(-c2ccccc2)n1C. The second kappa shape index (κ2) is 7.20. The van der Waals surface area contributed by atoms with E-state index in [4.69, 9.17) is 10.7 Å². The van der Waals surface area contributed by atoms with Gasteiger partial charge in [-0.15, -0.1) is 0 Å². The molecule has 0 bridgehead atoms. The second-order valence-corrected chi connectivity index (χ2v) is 5.76. The lowest BCUT2D eigenvalue weighted by Crippen LogP contribution is -2.35. The van der Waals surface area contributed by atoms with Crippen LogP contribution in [-0.4, -0.2) is 34.1 Å². The summed E-state index contributed by atoms with van der Waals surface area (Å²) >= 11 is 3.62. The number of hydrogen-bond donors (Lipinski definition) is 1. The van der Waals surface area contributed by atoms with Gasteiger partial charge < -0.3 is 10.3 Å². The molecule has 0 aliphatic heterocycles. The smallest absolute Gasteiger partial charge is 0.141 e. The van der Waals surface area contributed by atoms with E-state index >= 15 is 0 Å². The van der Waals surface area contributed by atoms with Crippen LogP contribution < -0.4 is 5.73 Å². The van der Waals surface area contributed by atoms with Gasteiger partial charge in [-0.1, -0.05) is 44.2 Å². The highest BCUT2D eigenvalue weighted by molar-refractivity contribution is 9.10. The lowest BCUT2D eigenvalue weighted by atomic mass is 10.1. The van der Waals surface area contributed by atoms with Gasteiger partial charge in [0.25, 0.3) is 0 Å². The zero-order valence-electron chi connectivity index (χ0n) is 12.9. The summed E-state index contributed by atoms with van der Waals surface area (Å²) in [5.74, 6) is 0.961. The van der Waals surface area contributed by atoms with Crippen molar-refractivity contribution < 1.29 is 0 Å². The Balaban J connectivity index is 2.48. The van der Waals surface area contributed by atoms with Gasteiger partial charge in [-0.2, -0.15) is 0 Å². The summed E-state index contributed by atoms with van der Waals surface area (Å²) in [7, 11) is 2.06. The minimum Gasteiger partial charge on any atom is -0.329 e. The molecule has 0 aliphatic carbocycles. The van der Waals surface area contributed by atoms with Crippen LogP contribution in [-0.2, 0) is 7.05 Å². The molecule has 1 aromatic heterocycles. The Kier molecular flexibility index (Phi) is 5.56. The first-order valence-electron chi connectivity index (χ1n) is 7.35. The Morgan fingerprint density at radius 3 is 2.38 bits per heavy atom. The van der Waals surface area contributed by atoms with Crippen LogP contribution >= 0.6 is 15.9 Å². The van der Waals surface area contributed by atoms with Gasteiger partial charge in [0.05, 0.1) is 11.7 Å². The van der Waals surface area contributed by atoms with E-state index in [1.807, 2.05) is 18.2 Å². The molecule has 2 rings (SSSR count). The van der Waals surface area contributed by atoms with E-state index in [1.54, 1.807) is 0 Å². The molecule has 114 valence electrons. The zero-order chi connectivity index (χ0) is 15.4. The third-order valence-corrected chi connectivity index (χ3v) is 4.50. The predicted octanol–water partition coefficient (Wildman–Crippen LogP) is 3.19. The zero-order valence-corrected chi connectivity index (χ0v) is 14.5. The minimum atomic E-state index is 0.171. The first-order valence-corrected chi connectivity index (χ1v) is 8.14. The molecule has 2 N–H and O–H groups in total. The van der Waals surface area contributed by atoms with Gasteiger partial charge in [0.15, 0.2) is 0 Å². The number of nitrogens with two attached hydrogens (primary N) is 1. The summed E-state index contributed by atoms with van der Waals surface area (Å²) in [6, 6.07) is 10.4. The van der Waals surface area contributed by atoms with E-state index in [0.29, 0.717) is 6.54 Å². The molecule has 0 aliphatic rings. The molecule has 0 saturated heterocycles. The van der Waals surface area contributed by atoms with E-state index in [0.717, 1.165) is 34.8 Å². The fourth-order valence-electron chi connectivity index (χ4n) is 2.78. The quantitative estimate of drug-likeness (QED) is 0.870. The minimum absolute atomic E-state index is 0.171. The van der Waals surface area contributed by atoms with Crippen LogP contribution in [0.25, 0.3) is 11.4 Å². The Labute approximate surface area is 135 Å². The molecule has 1 atom stereocenters. The lowest BCUT2D eigenvalue weighted by molar-refractivity contribution is 0.216. The molecule has 2 aromatic rings. The van der Waals surface area contributed by atoms with Crippen molar-refractivity contribution in [3.05, 3.63) is 40.6 Å². The normalized spacial score (nSPS) is 12.9. The maximum absolute atomic E-state index is 6.04. The van der Waals surface area contributed by atoms with Gasteiger partial charge in [0.2, 0.25) is 0 Å². The van der Waals surface area contributed by atoms with Gasteiger partial charge in [-0.3, -0.25) is 4.90 Å². The van der Waals surface area contributed by atoms with E-state index in [9.17, 15) is 0 Å². The van der Waals surface area contributed by atoms with Crippen LogP contribution in [0, 0.1) is 0 Å². The van der Waals surface area contributed by atoms with Crippen LogP contribution in [0.15, 0.2) is 34.9 Å². The number of imidazole rings is 1. The molecular weight excluding hydrogens is 328 g/mol. The van der Waals surface area contributed by atoms with Crippen LogP contribution in [0.2, 0.25) is 0 Å². The summed E-state index contributed by atoms with van der Waals surface area (Å²) < 4.78 is 3.03. The largest absolute Gasteiger partial charge is 0.329 e. The van der Waals surface area contributed by atoms with Crippen molar-refractivity contribution in [3.63, 3.8) is 0 Å². The molecule has 1 aromatic carbocycles. The number of benzene rings is 1. The third kappa shape index (κ3) is 3.20. The molecule has 0 fully saturated rings. The Hall–Kier alpha value is -1.17. The summed E-state index contributed by atoms with van der Waals surface area (Å²) in [5.41, 5.74) is 8.29. The number of rotatable bonds is 6. The van der Waals surface area contributed by atoms with E-state index in [-0.39, 0.29) is 6.04 Å². The monoisotopic (exact) mass is 350 g/mol. The predicted molar refractivity (Wildman–Crippen MR) is 91.1 cm³/mol. The topological polar surface area (TPSA) is 47.1 Å². The highest BCUT2D eigenvalue weighted by Gasteiger charge is 2.25. The highest BCUT2D eigenvalue weighted by Crippen LogP contribution is 2.31. The average molecular weight is 351 g/mol. The number of aromatic nitrogens is 2.